The summed E-state index contributed by atoms with van der Waals surface area (Å²) in [7, 11) is 1.63. The van der Waals surface area contributed by atoms with Gasteiger partial charge in [0, 0.05) is 37.0 Å². The van der Waals surface area contributed by atoms with Crippen LogP contribution in [-0.4, -0.2) is 36.6 Å². The Kier molecular flexibility index (Phi) is 5.88. The molecule has 29 heavy (non-hydrogen) atoms. The number of aromatic carboxylic acids is 1. The molecule has 1 amide bonds. The molecule has 3 rings (SSSR count). The number of hydrogen-bond acceptors (Lipinski definition) is 4. The minimum Gasteiger partial charge on any atom is -0.477 e. The number of pyridine rings is 1. The number of rotatable bonds is 6. The van der Waals surface area contributed by atoms with Crippen molar-refractivity contribution >= 4 is 23.5 Å². The van der Waals surface area contributed by atoms with Crippen LogP contribution in [-0.2, 0) is 20.1 Å². The largest absolute Gasteiger partial charge is 0.477 e. The highest BCUT2D eigenvalue weighted by Gasteiger charge is 2.21. The van der Waals surface area contributed by atoms with Crippen LogP contribution in [0.25, 0.3) is 0 Å². The summed E-state index contributed by atoms with van der Waals surface area (Å²) in [4.78, 5) is 29.0. The molecular formula is C19H15ClF2N4O3. The molecule has 2 heterocycles. The summed E-state index contributed by atoms with van der Waals surface area (Å²) in [6.45, 7) is 0.0272. The van der Waals surface area contributed by atoms with Gasteiger partial charge in [-0.25, -0.2) is 18.6 Å². The third-order valence-corrected chi connectivity index (χ3v) is 4.60. The topological polar surface area (TPSA) is 88.3 Å². The maximum atomic E-state index is 13.6. The Hall–Kier alpha value is -3.33. The summed E-state index contributed by atoms with van der Waals surface area (Å²) < 4.78 is 28.6. The van der Waals surface area contributed by atoms with E-state index in [1.807, 2.05) is 0 Å². The van der Waals surface area contributed by atoms with Gasteiger partial charge in [-0.15, -0.1) is 0 Å². The van der Waals surface area contributed by atoms with E-state index in [2.05, 4.69) is 10.1 Å². The van der Waals surface area contributed by atoms with Crippen LogP contribution >= 0.6 is 11.6 Å². The van der Waals surface area contributed by atoms with E-state index in [9.17, 15) is 18.4 Å². The van der Waals surface area contributed by atoms with E-state index in [-0.39, 0.29) is 24.3 Å². The second-order valence-corrected chi connectivity index (χ2v) is 6.62. The number of hydrogen-bond donors (Lipinski definition) is 1. The van der Waals surface area contributed by atoms with Gasteiger partial charge < -0.3 is 10.0 Å². The lowest BCUT2D eigenvalue weighted by atomic mass is 10.1. The Bertz CT molecular complexity index is 1050. The lowest BCUT2D eigenvalue weighted by Gasteiger charge is -2.23. The molecule has 0 saturated heterocycles. The number of aryl methyl sites for hydroxylation is 1. The predicted octanol–water partition coefficient (Wildman–Crippen LogP) is 3.29. The van der Waals surface area contributed by atoms with Crippen LogP contribution < -0.4 is 0 Å². The van der Waals surface area contributed by atoms with Crippen molar-refractivity contribution in [2.45, 2.75) is 13.1 Å². The molecule has 0 radical (unpaired) electrons. The Morgan fingerprint density at radius 1 is 1.14 bits per heavy atom. The van der Waals surface area contributed by atoms with Crippen molar-refractivity contribution in [2.75, 3.05) is 0 Å². The SMILES string of the molecule is Cn1ncc(CN(Cc2ccc(C(=O)O)nc2)C(=O)c2cc(F)cc(F)c2)c1Cl. The maximum Gasteiger partial charge on any atom is 0.354 e. The van der Waals surface area contributed by atoms with Gasteiger partial charge in [-0.2, -0.15) is 5.10 Å². The molecule has 0 aliphatic rings. The highest BCUT2D eigenvalue weighted by Crippen LogP contribution is 2.20. The molecule has 0 aliphatic heterocycles. The predicted molar refractivity (Wildman–Crippen MR) is 99.3 cm³/mol. The van der Waals surface area contributed by atoms with Gasteiger partial charge in [0.1, 0.15) is 22.5 Å². The highest BCUT2D eigenvalue weighted by atomic mass is 35.5. The Morgan fingerprint density at radius 2 is 1.83 bits per heavy atom. The van der Waals surface area contributed by atoms with Crippen molar-refractivity contribution in [3.63, 3.8) is 0 Å². The van der Waals surface area contributed by atoms with Crippen molar-refractivity contribution in [3.8, 4) is 0 Å². The molecule has 0 fully saturated rings. The molecule has 1 N–H and O–H groups in total. The second-order valence-electron chi connectivity index (χ2n) is 6.26. The third-order valence-electron chi connectivity index (χ3n) is 4.11. The Balaban J connectivity index is 1.93. The first-order valence-electron chi connectivity index (χ1n) is 8.34. The number of halogens is 3. The van der Waals surface area contributed by atoms with Gasteiger partial charge >= 0.3 is 5.97 Å². The normalized spacial score (nSPS) is 10.8. The van der Waals surface area contributed by atoms with E-state index < -0.39 is 23.5 Å². The minimum atomic E-state index is -1.18. The monoisotopic (exact) mass is 420 g/mol. The van der Waals surface area contributed by atoms with E-state index in [1.165, 1.54) is 34.1 Å². The van der Waals surface area contributed by atoms with Crippen LogP contribution in [0, 0.1) is 11.6 Å². The summed E-state index contributed by atoms with van der Waals surface area (Å²) in [5.41, 5.74) is 0.751. The fraction of sp³-hybridized carbons (Fsp3) is 0.158. The molecule has 3 aromatic rings. The standard InChI is InChI=1S/C19H15ClF2N4O3/c1-25-17(20)13(8-24-25)10-26(9-11-2-3-16(19(28)29)23-7-11)18(27)12-4-14(21)6-15(22)5-12/h2-8H,9-10H2,1H3,(H,28,29). The molecule has 0 unspecified atom stereocenters. The Labute approximate surface area is 169 Å². The number of carboxylic acids is 1. The smallest absolute Gasteiger partial charge is 0.354 e. The molecular weight excluding hydrogens is 406 g/mol. The van der Waals surface area contributed by atoms with E-state index in [1.54, 1.807) is 7.05 Å². The maximum absolute atomic E-state index is 13.6. The second kappa shape index (κ2) is 8.36. The fourth-order valence-electron chi connectivity index (χ4n) is 2.70. The summed E-state index contributed by atoms with van der Waals surface area (Å²) in [5.74, 6) is -3.56. The molecule has 2 aromatic heterocycles. The number of nitrogens with zero attached hydrogens (tertiary/aromatic N) is 4. The quantitative estimate of drug-likeness (QED) is 0.661. The molecule has 150 valence electrons. The number of carboxylic acid groups (broad SMARTS) is 1. The van der Waals surface area contributed by atoms with Gasteiger partial charge in [0.2, 0.25) is 0 Å². The van der Waals surface area contributed by atoms with Crippen LogP contribution in [0.5, 0.6) is 0 Å². The number of carbonyl (C=O) groups is 2. The number of aromatic nitrogens is 3. The molecule has 1 aromatic carbocycles. The van der Waals surface area contributed by atoms with Gasteiger partial charge in [-0.3, -0.25) is 9.48 Å². The number of amides is 1. The van der Waals surface area contributed by atoms with Gasteiger partial charge in [-0.05, 0) is 23.8 Å². The third kappa shape index (κ3) is 4.75. The first-order valence-corrected chi connectivity index (χ1v) is 8.72. The molecule has 0 bridgehead atoms. The van der Waals surface area contributed by atoms with Gasteiger partial charge in [0.25, 0.3) is 5.91 Å². The molecule has 0 spiro atoms. The van der Waals surface area contributed by atoms with E-state index in [0.717, 1.165) is 12.1 Å². The molecule has 0 atom stereocenters. The molecule has 0 saturated carbocycles. The van der Waals surface area contributed by atoms with Gasteiger partial charge in [0.15, 0.2) is 0 Å². The van der Waals surface area contributed by atoms with Crippen LogP contribution in [0.3, 0.4) is 0 Å². The zero-order valence-corrected chi connectivity index (χ0v) is 15.9. The van der Waals surface area contributed by atoms with Crippen molar-refractivity contribution < 1.29 is 23.5 Å². The average Bonchev–Trinajstić information content (AvgIpc) is 2.98. The van der Waals surface area contributed by atoms with Crippen molar-refractivity contribution in [3.05, 3.63) is 81.9 Å². The molecule has 7 nitrogen and oxygen atoms in total. The van der Waals surface area contributed by atoms with Gasteiger partial charge in [0.05, 0.1) is 12.7 Å². The number of benzene rings is 1. The van der Waals surface area contributed by atoms with Crippen LogP contribution in [0.1, 0.15) is 32.0 Å². The van der Waals surface area contributed by atoms with E-state index in [0.29, 0.717) is 22.3 Å². The van der Waals surface area contributed by atoms with Gasteiger partial charge in [-0.1, -0.05) is 17.7 Å². The van der Waals surface area contributed by atoms with E-state index in [4.69, 9.17) is 16.7 Å². The first-order chi connectivity index (χ1) is 13.7. The Morgan fingerprint density at radius 3 is 2.34 bits per heavy atom. The summed E-state index contributed by atoms with van der Waals surface area (Å²) in [6, 6.07) is 5.37. The fourth-order valence-corrected chi connectivity index (χ4v) is 2.86. The lowest BCUT2D eigenvalue weighted by molar-refractivity contribution is 0.0687. The average molecular weight is 421 g/mol. The molecule has 0 aliphatic carbocycles. The zero-order chi connectivity index (χ0) is 21.1. The zero-order valence-electron chi connectivity index (χ0n) is 15.1. The van der Waals surface area contributed by atoms with Crippen molar-refractivity contribution in [2.24, 2.45) is 7.05 Å². The highest BCUT2D eigenvalue weighted by molar-refractivity contribution is 6.30. The van der Waals surface area contributed by atoms with Crippen LogP contribution in [0.15, 0.2) is 42.7 Å². The minimum absolute atomic E-state index is 0.00902. The van der Waals surface area contributed by atoms with Crippen LogP contribution in [0.4, 0.5) is 8.78 Å². The number of carbonyl (C=O) groups excluding carboxylic acids is 1. The van der Waals surface area contributed by atoms with Crippen LogP contribution in [0.2, 0.25) is 5.15 Å². The summed E-state index contributed by atoms with van der Waals surface area (Å²) in [5, 5.41) is 13.3. The lowest BCUT2D eigenvalue weighted by Crippen LogP contribution is -2.30. The first kappa shape index (κ1) is 20.4. The van der Waals surface area contributed by atoms with E-state index >= 15 is 0 Å². The van der Waals surface area contributed by atoms with Crippen molar-refractivity contribution in [1.82, 2.24) is 19.7 Å². The summed E-state index contributed by atoms with van der Waals surface area (Å²) in [6.07, 6.45) is 2.81. The van der Waals surface area contributed by atoms with Crippen molar-refractivity contribution in [1.29, 1.82) is 0 Å². The molecule has 10 heteroatoms. The summed E-state index contributed by atoms with van der Waals surface area (Å²) >= 11 is 6.18.